The van der Waals surface area contributed by atoms with Gasteiger partial charge in [-0.3, -0.25) is 14.4 Å². The van der Waals surface area contributed by atoms with Crippen LogP contribution in [0.1, 0.15) is 46.0 Å². The highest BCUT2D eigenvalue weighted by atomic mass is 32.2. The predicted molar refractivity (Wildman–Crippen MR) is 131 cm³/mol. The first-order chi connectivity index (χ1) is 15.1. The third-order valence-electron chi connectivity index (χ3n) is 4.68. The summed E-state index contributed by atoms with van der Waals surface area (Å²) in [6.07, 6.45) is 4.03. The van der Waals surface area contributed by atoms with E-state index in [1.165, 1.54) is 11.8 Å². The van der Waals surface area contributed by atoms with E-state index in [4.69, 9.17) is 11.5 Å². The molecule has 0 fully saturated rings. The van der Waals surface area contributed by atoms with Gasteiger partial charge in [0.15, 0.2) is 0 Å². The van der Waals surface area contributed by atoms with Crippen LogP contribution in [0.2, 0.25) is 0 Å². The summed E-state index contributed by atoms with van der Waals surface area (Å²) in [6, 6.07) is -3.75. The number of carbonyl (C=O) groups excluding carboxylic acids is 3. The van der Waals surface area contributed by atoms with Gasteiger partial charge in [0.05, 0.1) is 6.04 Å². The SMILES string of the molecule is CSCCC(NC(=O)C(CC(C)C)NC(=O)C(CCCCN)NC(=O)C(N)CS)C(=O)O. The number of nitrogens with one attached hydrogen (secondary N) is 3. The summed E-state index contributed by atoms with van der Waals surface area (Å²) in [6.45, 7) is 4.23. The normalized spacial score (nSPS) is 14.8. The summed E-state index contributed by atoms with van der Waals surface area (Å²) in [7, 11) is 0. The number of aliphatic carboxylic acids is 1. The fourth-order valence-corrected chi connectivity index (χ4v) is 3.50. The monoisotopic (exact) mass is 493 g/mol. The van der Waals surface area contributed by atoms with Crippen molar-refractivity contribution in [2.75, 3.05) is 24.3 Å². The zero-order chi connectivity index (χ0) is 24.7. The summed E-state index contributed by atoms with van der Waals surface area (Å²) < 4.78 is 0. The Balaban J connectivity index is 5.40. The topological polar surface area (TPSA) is 177 Å². The van der Waals surface area contributed by atoms with E-state index in [1.54, 1.807) is 0 Å². The molecule has 0 aromatic rings. The van der Waals surface area contributed by atoms with Gasteiger partial charge in [0.25, 0.3) is 0 Å². The molecule has 0 radical (unpaired) electrons. The molecule has 0 saturated heterocycles. The lowest BCUT2D eigenvalue weighted by Crippen LogP contribution is -2.57. The molecule has 0 aliphatic carbocycles. The molecule has 32 heavy (non-hydrogen) atoms. The third kappa shape index (κ3) is 12.5. The van der Waals surface area contributed by atoms with Gasteiger partial charge in [0, 0.05) is 5.75 Å². The van der Waals surface area contributed by atoms with Crippen molar-refractivity contribution in [1.82, 2.24) is 16.0 Å². The van der Waals surface area contributed by atoms with Gasteiger partial charge < -0.3 is 32.5 Å². The maximum Gasteiger partial charge on any atom is 0.326 e. The van der Waals surface area contributed by atoms with Crippen molar-refractivity contribution in [3.8, 4) is 0 Å². The number of amides is 3. The molecule has 0 bridgehead atoms. The van der Waals surface area contributed by atoms with Gasteiger partial charge >= 0.3 is 5.97 Å². The quantitative estimate of drug-likeness (QED) is 0.107. The molecule has 0 saturated carbocycles. The minimum absolute atomic E-state index is 0.0587. The fraction of sp³-hybridized carbons (Fsp3) is 0.800. The Hall–Kier alpha value is -1.50. The van der Waals surface area contributed by atoms with Gasteiger partial charge in [-0.05, 0) is 56.6 Å². The van der Waals surface area contributed by atoms with Gasteiger partial charge in [-0.15, -0.1) is 0 Å². The lowest BCUT2D eigenvalue weighted by atomic mass is 10.0. The molecular weight excluding hydrogens is 454 g/mol. The second-order valence-electron chi connectivity index (χ2n) is 8.01. The second kappa shape index (κ2) is 17.0. The lowest BCUT2D eigenvalue weighted by molar-refractivity contribution is -0.142. The molecule has 12 heteroatoms. The number of thioether (sulfide) groups is 1. The maximum absolute atomic E-state index is 13.0. The van der Waals surface area contributed by atoms with Gasteiger partial charge in [-0.2, -0.15) is 24.4 Å². The summed E-state index contributed by atoms with van der Waals surface area (Å²) in [5.41, 5.74) is 11.2. The molecule has 10 nitrogen and oxygen atoms in total. The largest absolute Gasteiger partial charge is 0.480 e. The number of thiol groups is 1. The Labute approximate surface area is 200 Å². The summed E-state index contributed by atoms with van der Waals surface area (Å²) in [5.74, 6) is -2.00. The first-order valence-electron chi connectivity index (χ1n) is 10.8. The van der Waals surface area contributed by atoms with Crippen molar-refractivity contribution in [3.63, 3.8) is 0 Å². The highest BCUT2D eigenvalue weighted by molar-refractivity contribution is 7.98. The molecule has 0 aromatic heterocycles. The second-order valence-corrected chi connectivity index (χ2v) is 9.36. The highest BCUT2D eigenvalue weighted by Gasteiger charge is 2.30. The molecule has 0 spiro atoms. The molecule has 186 valence electrons. The first kappa shape index (κ1) is 30.5. The van der Waals surface area contributed by atoms with Crippen LogP contribution in [0.25, 0.3) is 0 Å². The van der Waals surface area contributed by atoms with E-state index in [-0.39, 0.29) is 18.1 Å². The van der Waals surface area contributed by atoms with Crippen molar-refractivity contribution in [3.05, 3.63) is 0 Å². The zero-order valence-electron chi connectivity index (χ0n) is 19.1. The van der Waals surface area contributed by atoms with Crippen LogP contribution in [-0.4, -0.2) is 77.3 Å². The molecule has 4 unspecified atom stereocenters. The molecule has 4 atom stereocenters. The molecule has 0 aliphatic heterocycles. The molecule has 0 heterocycles. The van der Waals surface area contributed by atoms with Crippen molar-refractivity contribution in [2.45, 2.75) is 70.1 Å². The molecule has 8 N–H and O–H groups in total. The third-order valence-corrected chi connectivity index (χ3v) is 5.72. The van der Waals surface area contributed by atoms with Crippen LogP contribution in [0.4, 0.5) is 0 Å². The Morgan fingerprint density at radius 2 is 1.50 bits per heavy atom. The lowest BCUT2D eigenvalue weighted by Gasteiger charge is -2.26. The molecule has 0 rings (SSSR count). The summed E-state index contributed by atoms with van der Waals surface area (Å²) >= 11 is 5.48. The summed E-state index contributed by atoms with van der Waals surface area (Å²) in [5, 5.41) is 17.2. The fourth-order valence-electron chi connectivity index (χ4n) is 2.86. The number of nitrogens with two attached hydrogens (primary N) is 2. The van der Waals surface area contributed by atoms with Crippen LogP contribution in [0.15, 0.2) is 0 Å². The van der Waals surface area contributed by atoms with Crippen LogP contribution in [0, 0.1) is 5.92 Å². The maximum atomic E-state index is 13.0. The van der Waals surface area contributed by atoms with Gasteiger partial charge in [0.1, 0.15) is 18.1 Å². The number of hydrogen-bond donors (Lipinski definition) is 7. The van der Waals surface area contributed by atoms with Crippen LogP contribution in [-0.2, 0) is 19.2 Å². The van der Waals surface area contributed by atoms with Crippen molar-refractivity contribution >= 4 is 48.1 Å². The van der Waals surface area contributed by atoms with Crippen molar-refractivity contribution in [1.29, 1.82) is 0 Å². The molecule has 0 aromatic carbocycles. The number of carbonyl (C=O) groups is 4. The Kier molecular flexibility index (Phi) is 16.2. The van der Waals surface area contributed by atoms with Crippen molar-refractivity contribution < 1.29 is 24.3 Å². The summed E-state index contributed by atoms with van der Waals surface area (Å²) in [4.78, 5) is 49.5. The van der Waals surface area contributed by atoms with E-state index in [0.717, 1.165) is 0 Å². The Morgan fingerprint density at radius 1 is 0.938 bits per heavy atom. The van der Waals surface area contributed by atoms with E-state index in [1.807, 2.05) is 20.1 Å². The van der Waals surface area contributed by atoms with E-state index in [2.05, 4.69) is 28.6 Å². The average Bonchev–Trinajstić information content (AvgIpc) is 2.73. The smallest absolute Gasteiger partial charge is 0.326 e. The molecular formula is C20H39N5O5S2. The Bertz CT molecular complexity index is 609. The molecule has 3 amide bonds. The van der Waals surface area contributed by atoms with E-state index in [0.29, 0.717) is 38.0 Å². The minimum Gasteiger partial charge on any atom is -0.480 e. The Morgan fingerprint density at radius 3 is 2.00 bits per heavy atom. The van der Waals surface area contributed by atoms with Crippen LogP contribution in [0.3, 0.4) is 0 Å². The van der Waals surface area contributed by atoms with Gasteiger partial charge in [-0.1, -0.05) is 13.8 Å². The standard InChI is InChI=1S/C20H39N5O5S2/c1-12(2)10-16(19(28)24-15(20(29)30)7-9-32-3)25-18(27)14(6-4-5-8-21)23-17(26)13(22)11-31/h12-16,31H,4-11,21-22H2,1-3H3,(H,23,26)(H,24,28)(H,25,27)(H,29,30). The predicted octanol–water partition coefficient (Wildman–Crippen LogP) is -0.289. The highest BCUT2D eigenvalue weighted by Crippen LogP contribution is 2.09. The number of carboxylic acids is 1. The van der Waals surface area contributed by atoms with E-state index >= 15 is 0 Å². The number of hydrogen-bond acceptors (Lipinski definition) is 8. The van der Waals surface area contributed by atoms with Crippen LogP contribution >= 0.6 is 24.4 Å². The van der Waals surface area contributed by atoms with Gasteiger partial charge in [-0.25, -0.2) is 4.79 Å². The zero-order valence-corrected chi connectivity index (χ0v) is 20.8. The van der Waals surface area contributed by atoms with E-state index in [9.17, 15) is 24.3 Å². The molecule has 0 aliphatic rings. The van der Waals surface area contributed by atoms with Crippen molar-refractivity contribution in [2.24, 2.45) is 17.4 Å². The number of carboxylic acid groups (broad SMARTS) is 1. The average molecular weight is 494 g/mol. The first-order valence-corrected chi connectivity index (χ1v) is 12.8. The van der Waals surface area contributed by atoms with E-state index < -0.39 is 47.9 Å². The van der Waals surface area contributed by atoms with Gasteiger partial charge in [0.2, 0.25) is 17.7 Å². The van der Waals surface area contributed by atoms with Crippen LogP contribution < -0.4 is 27.4 Å². The number of unbranched alkanes of at least 4 members (excludes halogenated alkanes) is 1. The van der Waals surface area contributed by atoms with Crippen LogP contribution in [0.5, 0.6) is 0 Å². The number of rotatable bonds is 17. The minimum atomic E-state index is -1.13.